The van der Waals surface area contributed by atoms with E-state index in [1.165, 1.54) is 0 Å². The fourth-order valence-electron chi connectivity index (χ4n) is 2.38. The number of nitrogens with one attached hydrogen (secondary N) is 5. The Hall–Kier alpha value is -2.45. The molecule has 0 bridgehead atoms. The van der Waals surface area contributed by atoms with Crippen LogP contribution in [0.2, 0.25) is 0 Å². The third-order valence-corrected chi connectivity index (χ3v) is 3.56. The predicted octanol–water partition coefficient (Wildman–Crippen LogP) is -1.46. The monoisotopic (exact) mass is 302 g/mol. The van der Waals surface area contributed by atoms with E-state index >= 15 is 0 Å². The van der Waals surface area contributed by atoms with Crippen molar-refractivity contribution in [1.29, 1.82) is 0 Å². The Morgan fingerprint density at radius 1 is 1.32 bits per heavy atom. The van der Waals surface area contributed by atoms with Crippen molar-refractivity contribution in [3.8, 4) is 0 Å². The highest BCUT2D eigenvalue weighted by atomic mass is 16.2. The number of aliphatic imine (C=N–C) groups is 1. The van der Waals surface area contributed by atoms with Crippen molar-refractivity contribution in [2.24, 2.45) is 10.9 Å². The average Bonchev–Trinajstić information content (AvgIpc) is 3.01. The average molecular weight is 302 g/mol. The maximum absolute atomic E-state index is 11.8. The minimum atomic E-state index is -0.147. The second kappa shape index (κ2) is 6.54. The number of benzene rings is 1. The largest absolute Gasteiger partial charge is 0.350 e. The molecule has 8 nitrogen and oxygen atoms in total. The van der Waals surface area contributed by atoms with E-state index in [0.29, 0.717) is 31.2 Å². The van der Waals surface area contributed by atoms with E-state index in [9.17, 15) is 9.59 Å². The number of carbonyl (C=O) groups is 2. The molecule has 2 unspecified atom stereocenters. The van der Waals surface area contributed by atoms with E-state index in [2.05, 4.69) is 31.8 Å². The van der Waals surface area contributed by atoms with Crippen LogP contribution in [0.3, 0.4) is 0 Å². The summed E-state index contributed by atoms with van der Waals surface area (Å²) in [6, 6.07) is 9.00. The Bertz CT molecular complexity index is 588. The van der Waals surface area contributed by atoms with Gasteiger partial charge in [0, 0.05) is 18.7 Å². The summed E-state index contributed by atoms with van der Waals surface area (Å²) in [5, 5.41) is 8.59. The highest BCUT2D eigenvalue weighted by molar-refractivity contribution is 6.01. The first kappa shape index (κ1) is 14.5. The van der Waals surface area contributed by atoms with E-state index in [4.69, 9.17) is 0 Å². The first-order valence-electron chi connectivity index (χ1n) is 7.17. The van der Waals surface area contributed by atoms with Crippen LogP contribution in [0.25, 0.3) is 0 Å². The molecule has 3 rings (SSSR count). The zero-order valence-electron chi connectivity index (χ0n) is 11.9. The van der Waals surface area contributed by atoms with Crippen molar-refractivity contribution in [1.82, 2.24) is 26.8 Å². The lowest BCUT2D eigenvalue weighted by molar-refractivity contribution is -0.124. The van der Waals surface area contributed by atoms with Crippen molar-refractivity contribution >= 4 is 17.8 Å². The molecular weight excluding hydrogens is 284 g/mol. The van der Waals surface area contributed by atoms with Crippen molar-refractivity contribution < 1.29 is 9.59 Å². The van der Waals surface area contributed by atoms with Crippen LogP contribution < -0.4 is 26.8 Å². The van der Waals surface area contributed by atoms with Gasteiger partial charge in [0.05, 0.1) is 12.5 Å². The smallest absolute Gasteiger partial charge is 0.251 e. The molecule has 1 aromatic rings. The van der Waals surface area contributed by atoms with E-state index < -0.39 is 0 Å². The third-order valence-electron chi connectivity index (χ3n) is 3.56. The van der Waals surface area contributed by atoms with Gasteiger partial charge in [0.25, 0.3) is 5.91 Å². The van der Waals surface area contributed by atoms with E-state index in [1.807, 2.05) is 18.2 Å². The Morgan fingerprint density at radius 3 is 2.95 bits per heavy atom. The number of hydrogen-bond acceptors (Lipinski definition) is 5. The topological polar surface area (TPSA) is 107 Å². The molecule has 0 saturated carbocycles. The summed E-state index contributed by atoms with van der Waals surface area (Å²) in [4.78, 5) is 27.9. The number of hydrogen-bond donors (Lipinski definition) is 5. The lowest BCUT2D eigenvalue weighted by Gasteiger charge is -2.27. The molecule has 2 aliphatic rings. The van der Waals surface area contributed by atoms with Gasteiger partial charge in [-0.25, -0.2) is 5.43 Å². The molecule has 116 valence electrons. The summed E-state index contributed by atoms with van der Waals surface area (Å²) < 4.78 is 0. The summed E-state index contributed by atoms with van der Waals surface area (Å²) in [5.74, 6) is 0.0876. The van der Waals surface area contributed by atoms with Gasteiger partial charge in [0.2, 0.25) is 5.91 Å². The standard InChI is InChI=1S/C14H18N6O2/c21-12(9-4-2-1-3-5-9)15-6-7-16-14-18-11-10(8-17-20-11)13(22)19-14/h1-5,10-11,17,20H,6-8H2,(H,15,21)(H2,16,18,19,22). The van der Waals surface area contributed by atoms with Gasteiger partial charge in [0.15, 0.2) is 5.96 Å². The molecular formula is C14H18N6O2. The zero-order chi connectivity index (χ0) is 15.4. The molecule has 0 radical (unpaired) electrons. The summed E-state index contributed by atoms with van der Waals surface area (Å²) in [7, 11) is 0. The molecule has 2 atom stereocenters. The molecule has 2 aliphatic heterocycles. The molecule has 8 heteroatoms. The van der Waals surface area contributed by atoms with E-state index in [1.54, 1.807) is 12.1 Å². The van der Waals surface area contributed by atoms with Crippen LogP contribution in [0.1, 0.15) is 10.4 Å². The quantitative estimate of drug-likeness (QED) is 0.437. The van der Waals surface area contributed by atoms with Gasteiger partial charge in [-0.2, -0.15) is 0 Å². The molecule has 0 aliphatic carbocycles. The van der Waals surface area contributed by atoms with Crippen LogP contribution in [0.5, 0.6) is 0 Å². The van der Waals surface area contributed by atoms with Gasteiger partial charge in [-0.3, -0.25) is 25.3 Å². The van der Waals surface area contributed by atoms with Crippen molar-refractivity contribution in [3.05, 3.63) is 35.9 Å². The van der Waals surface area contributed by atoms with Crippen LogP contribution in [0.4, 0.5) is 0 Å². The number of carbonyl (C=O) groups excluding carboxylic acids is 2. The van der Waals surface area contributed by atoms with Gasteiger partial charge in [-0.05, 0) is 12.1 Å². The van der Waals surface area contributed by atoms with E-state index in [-0.39, 0.29) is 23.9 Å². The van der Waals surface area contributed by atoms with E-state index in [0.717, 1.165) is 0 Å². The number of fused-ring (bicyclic) bond motifs is 1. The van der Waals surface area contributed by atoms with Crippen LogP contribution in [0, 0.1) is 5.92 Å². The van der Waals surface area contributed by atoms with Crippen molar-refractivity contribution in [2.45, 2.75) is 6.17 Å². The van der Waals surface area contributed by atoms with Gasteiger partial charge >= 0.3 is 0 Å². The van der Waals surface area contributed by atoms with Crippen molar-refractivity contribution in [3.63, 3.8) is 0 Å². The molecule has 1 aromatic carbocycles. The maximum Gasteiger partial charge on any atom is 0.251 e. The normalized spacial score (nSPS) is 25.3. The Labute approximate surface area is 127 Å². The fraction of sp³-hybridized carbons (Fsp3) is 0.357. The molecule has 2 amide bonds. The lowest BCUT2D eigenvalue weighted by atomic mass is 10.1. The van der Waals surface area contributed by atoms with Gasteiger partial charge in [0.1, 0.15) is 6.17 Å². The number of guanidine groups is 1. The summed E-state index contributed by atoms with van der Waals surface area (Å²) in [6.07, 6.45) is -0.147. The Morgan fingerprint density at radius 2 is 2.14 bits per heavy atom. The number of nitrogens with zero attached hydrogens (tertiary/aromatic N) is 1. The first-order chi connectivity index (χ1) is 10.7. The Kier molecular flexibility index (Phi) is 4.31. The minimum Gasteiger partial charge on any atom is -0.350 e. The number of rotatable bonds is 4. The summed E-state index contributed by atoms with van der Waals surface area (Å²) >= 11 is 0. The third kappa shape index (κ3) is 3.23. The lowest BCUT2D eigenvalue weighted by Crippen LogP contribution is -2.61. The number of amides is 2. The molecule has 0 spiro atoms. The SMILES string of the molecule is O=C(NCCN=C1NC(=O)C2CNNC2N1)c1ccccc1. The molecule has 0 aromatic heterocycles. The summed E-state index contributed by atoms with van der Waals surface area (Å²) in [5.41, 5.74) is 6.52. The molecule has 22 heavy (non-hydrogen) atoms. The van der Waals surface area contributed by atoms with Crippen LogP contribution >= 0.6 is 0 Å². The second-order valence-corrected chi connectivity index (χ2v) is 5.10. The minimum absolute atomic E-state index is 0.0617. The van der Waals surface area contributed by atoms with Gasteiger partial charge in [-0.1, -0.05) is 18.2 Å². The highest BCUT2D eigenvalue weighted by Crippen LogP contribution is 2.08. The predicted molar refractivity (Wildman–Crippen MR) is 80.8 cm³/mol. The summed E-state index contributed by atoms with van der Waals surface area (Å²) in [6.45, 7) is 1.37. The maximum atomic E-state index is 11.8. The van der Waals surface area contributed by atoms with Crippen LogP contribution in [-0.4, -0.2) is 43.6 Å². The molecule has 5 N–H and O–H groups in total. The number of hydrazine groups is 1. The Balaban J connectivity index is 1.46. The zero-order valence-corrected chi connectivity index (χ0v) is 11.9. The van der Waals surface area contributed by atoms with Crippen LogP contribution in [0.15, 0.2) is 35.3 Å². The first-order valence-corrected chi connectivity index (χ1v) is 7.17. The van der Waals surface area contributed by atoms with Crippen molar-refractivity contribution in [2.75, 3.05) is 19.6 Å². The molecule has 2 fully saturated rings. The highest BCUT2D eigenvalue weighted by Gasteiger charge is 2.37. The van der Waals surface area contributed by atoms with Gasteiger partial charge < -0.3 is 10.6 Å². The van der Waals surface area contributed by atoms with Gasteiger partial charge in [-0.15, -0.1) is 0 Å². The molecule has 2 saturated heterocycles. The molecule has 2 heterocycles. The second-order valence-electron chi connectivity index (χ2n) is 5.10. The van der Waals surface area contributed by atoms with Crippen LogP contribution in [-0.2, 0) is 4.79 Å². The fourth-order valence-corrected chi connectivity index (χ4v) is 2.38.